The SMILES string of the molecule is C=CC(=NC)n1ncc(C(=O)OCC)c1CO. The molecule has 6 heteroatoms. The second-order valence-corrected chi connectivity index (χ2v) is 3.08. The summed E-state index contributed by atoms with van der Waals surface area (Å²) in [6.07, 6.45) is 2.83. The van der Waals surface area contributed by atoms with Crippen molar-refractivity contribution in [3.8, 4) is 0 Å². The molecule has 0 aliphatic carbocycles. The van der Waals surface area contributed by atoms with E-state index in [0.717, 1.165) is 0 Å². The standard InChI is InChI=1S/C11H15N3O3/c1-4-10(12-3)14-9(7-15)8(6-13-14)11(16)17-5-2/h4,6,15H,1,5,7H2,2-3H3. The van der Waals surface area contributed by atoms with E-state index in [4.69, 9.17) is 4.74 Å². The van der Waals surface area contributed by atoms with Crippen molar-refractivity contribution in [1.82, 2.24) is 9.78 Å². The van der Waals surface area contributed by atoms with Gasteiger partial charge in [-0.3, -0.25) is 4.99 Å². The summed E-state index contributed by atoms with van der Waals surface area (Å²) in [6, 6.07) is 0. The van der Waals surface area contributed by atoms with Crippen molar-refractivity contribution in [2.45, 2.75) is 13.5 Å². The molecule has 17 heavy (non-hydrogen) atoms. The first-order valence-electron chi connectivity index (χ1n) is 5.14. The van der Waals surface area contributed by atoms with E-state index in [1.54, 1.807) is 14.0 Å². The number of aliphatic hydroxyl groups is 1. The maximum Gasteiger partial charge on any atom is 0.341 e. The first-order chi connectivity index (χ1) is 8.19. The predicted octanol–water partition coefficient (Wildman–Crippen LogP) is 0.615. The lowest BCUT2D eigenvalue weighted by atomic mass is 10.2. The quantitative estimate of drug-likeness (QED) is 0.473. The van der Waals surface area contributed by atoms with E-state index in [0.29, 0.717) is 11.5 Å². The summed E-state index contributed by atoms with van der Waals surface area (Å²) < 4.78 is 6.22. The fourth-order valence-electron chi connectivity index (χ4n) is 1.38. The molecule has 0 aromatic carbocycles. The van der Waals surface area contributed by atoms with Gasteiger partial charge in [0.05, 0.1) is 25.1 Å². The van der Waals surface area contributed by atoms with Crippen LogP contribution in [0, 0.1) is 0 Å². The molecule has 6 nitrogen and oxygen atoms in total. The molecule has 0 radical (unpaired) electrons. The Hall–Kier alpha value is -1.95. The minimum atomic E-state index is -0.512. The van der Waals surface area contributed by atoms with Gasteiger partial charge in [0.2, 0.25) is 0 Å². The molecule has 1 heterocycles. The van der Waals surface area contributed by atoms with Gasteiger partial charge < -0.3 is 9.84 Å². The van der Waals surface area contributed by atoms with Gasteiger partial charge in [-0.15, -0.1) is 0 Å². The van der Waals surface area contributed by atoms with E-state index in [1.165, 1.54) is 17.0 Å². The summed E-state index contributed by atoms with van der Waals surface area (Å²) in [4.78, 5) is 15.5. The van der Waals surface area contributed by atoms with Crippen molar-refractivity contribution in [1.29, 1.82) is 0 Å². The largest absolute Gasteiger partial charge is 0.462 e. The fraction of sp³-hybridized carbons (Fsp3) is 0.364. The predicted molar refractivity (Wildman–Crippen MR) is 63.1 cm³/mol. The highest BCUT2D eigenvalue weighted by Gasteiger charge is 2.19. The van der Waals surface area contributed by atoms with Crippen LogP contribution >= 0.6 is 0 Å². The highest BCUT2D eigenvalue weighted by Crippen LogP contribution is 2.11. The van der Waals surface area contributed by atoms with Gasteiger partial charge in [0.1, 0.15) is 11.4 Å². The van der Waals surface area contributed by atoms with E-state index in [-0.39, 0.29) is 18.8 Å². The van der Waals surface area contributed by atoms with Gasteiger partial charge in [0.25, 0.3) is 0 Å². The first-order valence-corrected chi connectivity index (χ1v) is 5.14. The second-order valence-electron chi connectivity index (χ2n) is 3.08. The van der Waals surface area contributed by atoms with Gasteiger partial charge in [-0.25, -0.2) is 9.48 Å². The molecule has 0 unspecified atom stereocenters. The molecule has 1 aromatic rings. The number of aliphatic imine (C=N–C) groups is 1. The van der Waals surface area contributed by atoms with Gasteiger partial charge in [-0.05, 0) is 13.0 Å². The van der Waals surface area contributed by atoms with Crippen molar-refractivity contribution < 1.29 is 14.6 Å². The lowest BCUT2D eigenvalue weighted by molar-refractivity contribution is 0.0522. The monoisotopic (exact) mass is 237 g/mol. The Morgan fingerprint density at radius 1 is 1.76 bits per heavy atom. The maximum absolute atomic E-state index is 11.6. The minimum Gasteiger partial charge on any atom is -0.462 e. The molecule has 0 amide bonds. The topological polar surface area (TPSA) is 76.7 Å². The molecule has 0 spiro atoms. The number of hydrogen-bond acceptors (Lipinski definition) is 5. The summed E-state index contributed by atoms with van der Waals surface area (Å²) in [6.45, 7) is 5.23. The Morgan fingerprint density at radius 3 is 2.94 bits per heavy atom. The number of ether oxygens (including phenoxy) is 1. The van der Waals surface area contributed by atoms with E-state index in [2.05, 4.69) is 16.7 Å². The van der Waals surface area contributed by atoms with E-state index in [1.807, 2.05) is 0 Å². The lowest BCUT2D eigenvalue weighted by Gasteiger charge is -2.06. The van der Waals surface area contributed by atoms with Gasteiger partial charge in [-0.2, -0.15) is 5.10 Å². The minimum absolute atomic E-state index is 0.234. The van der Waals surface area contributed by atoms with E-state index < -0.39 is 5.97 Å². The highest BCUT2D eigenvalue weighted by molar-refractivity contribution is 5.97. The number of aliphatic hydroxyl groups excluding tert-OH is 1. The van der Waals surface area contributed by atoms with Crippen molar-refractivity contribution >= 4 is 11.8 Å². The third-order valence-electron chi connectivity index (χ3n) is 2.14. The van der Waals surface area contributed by atoms with Crippen LogP contribution < -0.4 is 0 Å². The van der Waals surface area contributed by atoms with Crippen molar-refractivity contribution in [3.05, 3.63) is 30.1 Å². The lowest BCUT2D eigenvalue weighted by Crippen LogP contribution is -2.16. The fourth-order valence-corrected chi connectivity index (χ4v) is 1.38. The third kappa shape index (κ3) is 2.59. The molecule has 0 saturated carbocycles. The molecule has 0 fully saturated rings. The van der Waals surface area contributed by atoms with Crippen molar-refractivity contribution in [3.63, 3.8) is 0 Å². The van der Waals surface area contributed by atoms with Crippen LogP contribution in [0.5, 0.6) is 0 Å². The number of carbonyl (C=O) groups excluding carboxylic acids is 1. The van der Waals surface area contributed by atoms with Gasteiger partial charge in [-0.1, -0.05) is 6.58 Å². The molecule has 1 rings (SSSR count). The normalized spacial score (nSPS) is 11.4. The zero-order chi connectivity index (χ0) is 12.8. The number of rotatable bonds is 4. The second kappa shape index (κ2) is 5.95. The van der Waals surface area contributed by atoms with Crippen LogP contribution in [0.3, 0.4) is 0 Å². The summed E-state index contributed by atoms with van der Waals surface area (Å²) in [5.41, 5.74) is 0.571. The zero-order valence-corrected chi connectivity index (χ0v) is 9.88. The molecular weight excluding hydrogens is 222 g/mol. The molecule has 92 valence electrons. The Kier molecular flexibility index (Phi) is 4.59. The van der Waals surface area contributed by atoms with Gasteiger partial charge in [0, 0.05) is 7.05 Å². The molecule has 0 saturated heterocycles. The summed E-state index contributed by atoms with van der Waals surface area (Å²) in [5, 5.41) is 13.3. The highest BCUT2D eigenvalue weighted by atomic mass is 16.5. The van der Waals surface area contributed by atoms with Crippen LogP contribution in [0.2, 0.25) is 0 Å². The maximum atomic E-state index is 11.6. The Bertz CT molecular complexity index is 449. The number of nitrogens with zero attached hydrogens (tertiary/aromatic N) is 3. The molecule has 0 bridgehead atoms. The van der Waals surface area contributed by atoms with E-state index in [9.17, 15) is 9.90 Å². The third-order valence-corrected chi connectivity index (χ3v) is 2.14. The molecule has 0 atom stereocenters. The number of carbonyl (C=O) groups is 1. The number of aromatic nitrogens is 2. The Morgan fingerprint density at radius 2 is 2.47 bits per heavy atom. The van der Waals surface area contributed by atoms with Crippen LogP contribution in [0.4, 0.5) is 0 Å². The van der Waals surface area contributed by atoms with Gasteiger partial charge in [0.15, 0.2) is 0 Å². The van der Waals surface area contributed by atoms with Crippen molar-refractivity contribution in [2.24, 2.45) is 4.99 Å². The summed E-state index contributed by atoms with van der Waals surface area (Å²) in [5.74, 6) is -0.0630. The number of hydrogen-bond donors (Lipinski definition) is 1. The molecular formula is C11H15N3O3. The number of esters is 1. The average Bonchev–Trinajstić information content (AvgIpc) is 2.75. The molecule has 0 aliphatic heterocycles. The van der Waals surface area contributed by atoms with Crippen molar-refractivity contribution in [2.75, 3.05) is 13.7 Å². The smallest absolute Gasteiger partial charge is 0.341 e. The van der Waals surface area contributed by atoms with Crippen LogP contribution in [0.25, 0.3) is 0 Å². The summed E-state index contributed by atoms with van der Waals surface area (Å²) in [7, 11) is 1.57. The van der Waals surface area contributed by atoms with Crippen LogP contribution in [0.1, 0.15) is 23.0 Å². The zero-order valence-electron chi connectivity index (χ0n) is 9.88. The molecule has 1 N–H and O–H groups in total. The molecule has 0 aliphatic rings. The van der Waals surface area contributed by atoms with E-state index >= 15 is 0 Å². The van der Waals surface area contributed by atoms with Crippen LogP contribution in [-0.4, -0.2) is 40.3 Å². The average molecular weight is 237 g/mol. The summed E-state index contributed by atoms with van der Waals surface area (Å²) >= 11 is 0. The Labute approximate surface area is 99.2 Å². The number of allylic oxidation sites excluding steroid dienone is 1. The van der Waals surface area contributed by atoms with Gasteiger partial charge >= 0.3 is 5.97 Å². The first kappa shape index (κ1) is 13.1. The molecule has 1 aromatic heterocycles. The van der Waals surface area contributed by atoms with Crippen LogP contribution in [0.15, 0.2) is 23.8 Å². The van der Waals surface area contributed by atoms with Crippen LogP contribution in [-0.2, 0) is 11.3 Å². The Balaban J connectivity index is 3.20.